The monoisotopic (exact) mass is 230 g/mol. The molecule has 0 aromatic heterocycles. The molecule has 0 aromatic carbocycles. The molecular weight excluding hydrogens is 212 g/mol. The zero-order chi connectivity index (χ0) is 12.6. The van der Waals surface area contributed by atoms with E-state index in [2.05, 4.69) is 15.3 Å². The number of ether oxygens (including phenoxy) is 2. The standard InChI is InChI=1S/C10H18N2O4/c1-5-8(9(13)16-6-2)7(3)11-12-10(14)15-4/h8H,5-6H2,1-4H3,(H,12,14)/t8-/m1/s1. The molecule has 1 N–H and O–H groups in total. The first kappa shape index (κ1) is 14.4. The van der Waals surface area contributed by atoms with Crippen LogP contribution in [0.2, 0.25) is 0 Å². The quantitative estimate of drug-likeness (QED) is 0.439. The van der Waals surface area contributed by atoms with Gasteiger partial charge in [0.05, 0.1) is 19.6 Å². The van der Waals surface area contributed by atoms with Crippen LogP contribution in [0.3, 0.4) is 0 Å². The van der Waals surface area contributed by atoms with Crippen LogP contribution in [0.1, 0.15) is 27.2 Å². The van der Waals surface area contributed by atoms with Crippen molar-refractivity contribution in [2.75, 3.05) is 13.7 Å². The van der Waals surface area contributed by atoms with E-state index in [1.807, 2.05) is 6.92 Å². The van der Waals surface area contributed by atoms with Crippen molar-refractivity contribution < 1.29 is 19.1 Å². The molecule has 1 amide bonds. The minimum Gasteiger partial charge on any atom is -0.465 e. The number of carbonyl (C=O) groups is 2. The second kappa shape index (κ2) is 7.67. The van der Waals surface area contributed by atoms with Gasteiger partial charge in [0.1, 0.15) is 0 Å². The van der Waals surface area contributed by atoms with E-state index in [0.29, 0.717) is 18.7 Å². The lowest BCUT2D eigenvalue weighted by atomic mass is 10.0. The van der Waals surface area contributed by atoms with Crippen LogP contribution < -0.4 is 5.43 Å². The third kappa shape index (κ3) is 4.77. The molecule has 0 saturated heterocycles. The lowest BCUT2D eigenvalue weighted by Crippen LogP contribution is -2.27. The van der Waals surface area contributed by atoms with Gasteiger partial charge in [0.15, 0.2) is 0 Å². The van der Waals surface area contributed by atoms with Gasteiger partial charge in [0.25, 0.3) is 0 Å². The predicted octanol–water partition coefficient (Wildman–Crippen LogP) is 1.31. The summed E-state index contributed by atoms with van der Waals surface area (Å²) < 4.78 is 9.23. The second-order valence-corrected chi connectivity index (χ2v) is 3.07. The summed E-state index contributed by atoms with van der Waals surface area (Å²) in [6.45, 7) is 5.57. The number of hydrogen-bond donors (Lipinski definition) is 1. The number of nitrogens with zero attached hydrogens (tertiary/aromatic N) is 1. The van der Waals surface area contributed by atoms with Crippen LogP contribution in [0.25, 0.3) is 0 Å². The Labute approximate surface area is 95.0 Å². The van der Waals surface area contributed by atoms with Crippen molar-refractivity contribution in [2.24, 2.45) is 11.0 Å². The van der Waals surface area contributed by atoms with Crippen LogP contribution in [-0.2, 0) is 14.3 Å². The van der Waals surface area contributed by atoms with Crippen molar-refractivity contribution in [1.82, 2.24) is 5.43 Å². The molecule has 0 spiro atoms. The lowest BCUT2D eigenvalue weighted by Gasteiger charge is -2.12. The van der Waals surface area contributed by atoms with Gasteiger partial charge in [-0.2, -0.15) is 5.10 Å². The van der Waals surface area contributed by atoms with Crippen LogP contribution in [0.5, 0.6) is 0 Å². The molecule has 0 radical (unpaired) electrons. The van der Waals surface area contributed by atoms with Crippen LogP contribution in [0.15, 0.2) is 5.10 Å². The van der Waals surface area contributed by atoms with E-state index >= 15 is 0 Å². The summed E-state index contributed by atoms with van der Waals surface area (Å²) >= 11 is 0. The summed E-state index contributed by atoms with van der Waals surface area (Å²) in [4.78, 5) is 22.2. The highest BCUT2D eigenvalue weighted by Crippen LogP contribution is 2.07. The fraction of sp³-hybridized carbons (Fsp3) is 0.700. The van der Waals surface area contributed by atoms with Gasteiger partial charge in [-0.3, -0.25) is 4.79 Å². The van der Waals surface area contributed by atoms with E-state index in [-0.39, 0.29) is 5.97 Å². The molecule has 0 heterocycles. The Morgan fingerprint density at radius 3 is 2.44 bits per heavy atom. The average Bonchev–Trinajstić information content (AvgIpc) is 2.27. The first-order chi connectivity index (χ1) is 7.56. The third-order valence-corrected chi connectivity index (χ3v) is 1.99. The number of carbonyl (C=O) groups excluding carboxylic acids is 2. The van der Waals surface area contributed by atoms with Crippen molar-refractivity contribution in [1.29, 1.82) is 0 Å². The molecule has 0 rings (SSSR count). The molecule has 92 valence electrons. The first-order valence-electron chi connectivity index (χ1n) is 5.11. The zero-order valence-electron chi connectivity index (χ0n) is 10.1. The maximum absolute atomic E-state index is 11.5. The molecule has 0 aliphatic rings. The third-order valence-electron chi connectivity index (χ3n) is 1.99. The number of hydrazone groups is 1. The molecule has 0 fully saturated rings. The van der Waals surface area contributed by atoms with Crippen molar-refractivity contribution >= 4 is 17.8 Å². The van der Waals surface area contributed by atoms with Gasteiger partial charge in [-0.15, -0.1) is 0 Å². The molecule has 0 saturated carbocycles. The van der Waals surface area contributed by atoms with Crippen LogP contribution in [0, 0.1) is 5.92 Å². The summed E-state index contributed by atoms with van der Waals surface area (Å²) in [7, 11) is 1.24. The summed E-state index contributed by atoms with van der Waals surface area (Å²) in [5, 5.41) is 3.76. The minimum atomic E-state index is -0.668. The SMILES string of the molecule is CCOC(=O)[C@H](CC)C(C)=NNC(=O)OC. The number of nitrogens with one attached hydrogen (secondary N) is 1. The highest BCUT2D eigenvalue weighted by atomic mass is 16.5. The van der Waals surface area contributed by atoms with E-state index in [1.165, 1.54) is 7.11 Å². The highest BCUT2D eigenvalue weighted by Gasteiger charge is 2.21. The van der Waals surface area contributed by atoms with E-state index in [0.717, 1.165) is 0 Å². The molecular formula is C10H18N2O4. The largest absolute Gasteiger partial charge is 0.465 e. The van der Waals surface area contributed by atoms with Gasteiger partial charge in [-0.1, -0.05) is 6.92 Å². The molecule has 0 unspecified atom stereocenters. The van der Waals surface area contributed by atoms with Crippen molar-refractivity contribution in [3.05, 3.63) is 0 Å². The Hall–Kier alpha value is -1.59. The number of esters is 1. The Bertz CT molecular complexity index is 276. The molecule has 0 aromatic rings. The smallest absolute Gasteiger partial charge is 0.427 e. The minimum absolute atomic E-state index is 0.326. The number of methoxy groups -OCH3 is 1. The van der Waals surface area contributed by atoms with Gasteiger partial charge < -0.3 is 9.47 Å². The van der Waals surface area contributed by atoms with Crippen molar-refractivity contribution in [3.63, 3.8) is 0 Å². The van der Waals surface area contributed by atoms with Gasteiger partial charge in [0, 0.05) is 5.71 Å². The Balaban J connectivity index is 4.45. The van der Waals surface area contributed by atoms with E-state index in [9.17, 15) is 9.59 Å². The Morgan fingerprint density at radius 1 is 1.38 bits per heavy atom. The van der Waals surface area contributed by atoms with Crippen LogP contribution in [-0.4, -0.2) is 31.5 Å². The van der Waals surface area contributed by atoms with Gasteiger partial charge in [-0.25, -0.2) is 10.2 Å². The molecule has 6 nitrogen and oxygen atoms in total. The fourth-order valence-electron chi connectivity index (χ4n) is 1.13. The Kier molecular flexibility index (Phi) is 6.91. The summed E-state index contributed by atoms with van der Waals surface area (Å²) in [6.07, 6.45) is -0.102. The highest BCUT2D eigenvalue weighted by molar-refractivity contribution is 6.01. The second-order valence-electron chi connectivity index (χ2n) is 3.07. The van der Waals surface area contributed by atoms with Gasteiger partial charge in [-0.05, 0) is 20.3 Å². The summed E-state index contributed by atoms with van der Waals surface area (Å²) in [5.74, 6) is -0.768. The molecule has 1 atom stereocenters. The number of rotatable bonds is 5. The maximum atomic E-state index is 11.5. The molecule has 0 aliphatic carbocycles. The Morgan fingerprint density at radius 2 is 2.00 bits per heavy atom. The fourth-order valence-corrected chi connectivity index (χ4v) is 1.13. The number of amides is 1. The van der Waals surface area contributed by atoms with E-state index < -0.39 is 12.0 Å². The van der Waals surface area contributed by atoms with Gasteiger partial charge in [0.2, 0.25) is 0 Å². The predicted molar refractivity (Wildman–Crippen MR) is 59.1 cm³/mol. The van der Waals surface area contributed by atoms with E-state index in [1.54, 1.807) is 13.8 Å². The van der Waals surface area contributed by atoms with E-state index in [4.69, 9.17) is 4.74 Å². The topological polar surface area (TPSA) is 77.0 Å². The molecule has 6 heteroatoms. The average molecular weight is 230 g/mol. The van der Waals surface area contributed by atoms with Crippen LogP contribution >= 0.6 is 0 Å². The molecule has 16 heavy (non-hydrogen) atoms. The molecule has 0 aliphatic heterocycles. The first-order valence-corrected chi connectivity index (χ1v) is 5.11. The summed E-state index contributed by atoms with van der Waals surface area (Å²) in [6, 6.07) is 0. The lowest BCUT2D eigenvalue weighted by molar-refractivity contribution is -0.145. The zero-order valence-corrected chi connectivity index (χ0v) is 10.1. The number of hydrogen-bond acceptors (Lipinski definition) is 5. The molecule has 0 bridgehead atoms. The van der Waals surface area contributed by atoms with Crippen molar-refractivity contribution in [3.8, 4) is 0 Å². The van der Waals surface area contributed by atoms with Gasteiger partial charge >= 0.3 is 12.1 Å². The maximum Gasteiger partial charge on any atom is 0.427 e. The van der Waals surface area contributed by atoms with Crippen LogP contribution in [0.4, 0.5) is 4.79 Å². The normalized spacial score (nSPS) is 12.9. The van der Waals surface area contributed by atoms with Crippen molar-refractivity contribution in [2.45, 2.75) is 27.2 Å². The summed E-state index contributed by atoms with van der Waals surface area (Å²) in [5.41, 5.74) is 2.65.